The minimum Gasteiger partial charge on any atom is -0.381 e. The summed E-state index contributed by atoms with van der Waals surface area (Å²) in [6, 6.07) is 0. The Morgan fingerprint density at radius 1 is 1.64 bits per heavy atom. The van der Waals surface area contributed by atoms with E-state index in [4.69, 9.17) is 10.5 Å². The Hall–Kier alpha value is -0.0800. The lowest BCUT2D eigenvalue weighted by molar-refractivity contribution is 0.167. The predicted molar refractivity (Wildman–Crippen MR) is 44.2 cm³/mol. The van der Waals surface area contributed by atoms with Crippen molar-refractivity contribution in [3.05, 3.63) is 0 Å². The van der Waals surface area contributed by atoms with Gasteiger partial charge in [0, 0.05) is 13.2 Å². The van der Waals surface area contributed by atoms with Crippen molar-refractivity contribution in [3.63, 3.8) is 0 Å². The number of hydrogen-bond acceptors (Lipinski definition) is 2. The van der Waals surface area contributed by atoms with E-state index < -0.39 is 0 Å². The highest BCUT2D eigenvalue weighted by atomic mass is 16.5. The molecule has 1 saturated heterocycles. The van der Waals surface area contributed by atoms with Crippen LogP contribution in [0, 0.1) is 17.3 Å². The van der Waals surface area contributed by atoms with Gasteiger partial charge >= 0.3 is 0 Å². The highest BCUT2D eigenvalue weighted by Gasteiger charge is 2.54. The quantitative estimate of drug-likeness (QED) is 0.646. The molecule has 3 unspecified atom stereocenters. The van der Waals surface area contributed by atoms with Gasteiger partial charge < -0.3 is 10.5 Å². The molecule has 3 atom stereocenters. The standard InChI is InChI=1S/C9H17NO/c1-9(4-8(9)5-10)7-2-3-11-6-7/h7-8H,2-6,10H2,1H3. The van der Waals surface area contributed by atoms with Gasteiger partial charge in [-0.05, 0) is 36.6 Å². The monoisotopic (exact) mass is 155 g/mol. The van der Waals surface area contributed by atoms with Crippen LogP contribution in [0.25, 0.3) is 0 Å². The van der Waals surface area contributed by atoms with Gasteiger partial charge in [-0.1, -0.05) is 6.92 Å². The van der Waals surface area contributed by atoms with Crippen LogP contribution in [-0.4, -0.2) is 19.8 Å². The summed E-state index contributed by atoms with van der Waals surface area (Å²) >= 11 is 0. The van der Waals surface area contributed by atoms with E-state index in [0.29, 0.717) is 5.41 Å². The van der Waals surface area contributed by atoms with Crippen molar-refractivity contribution >= 4 is 0 Å². The van der Waals surface area contributed by atoms with E-state index in [1.807, 2.05) is 0 Å². The summed E-state index contributed by atoms with van der Waals surface area (Å²) in [5, 5.41) is 0. The summed E-state index contributed by atoms with van der Waals surface area (Å²) in [6.45, 7) is 5.18. The Morgan fingerprint density at radius 2 is 2.45 bits per heavy atom. The maximum absolute atomic E-state index is 5.64. The van der Waals surface area contributed by atoms with Crippen LogP contribution in [0.4, 0.5) is 0 Å². The predicted octanol–water partition coefficient (Wildman–Crippen LogP) is 1.01. The fraction of sp³-hybridized carbons (Fsp3) is 1.00. The molecule has 1 saturated carbocycles. The van der Waals surface area contributed by atoms with Crippen LogP contribution >= 0.6 is 0 Å². The maximum Gasteiger partial charge on any atom is 0.0500 e. The van der Waals surface area contributed by atoms with Crippen LogP contribution in [0.3, 0.4) is 0 Å². The van der Waals surface area contributed by atoms with E-state index in [-0.39, 0.29) is 0 Å². The number of hydrogen-bond donors (Lipinski definition) is 1. The van der Waals surface area contributed by atoms with Crippen molar-refractivity contribution in [2.24, 2.45) is 23.0 Å². The molecule has 2 rings (SSSR count). The zero-order valence-corrected chi connectivity index (χ0v) is 7.18. The molecule has 2 nitrogen and oxygen atoms in total. The van der Waals surface area contributed by atoms with Crippen molar-refractivity contribution in [1.82, 2.24) is 0 Å². The Morgan fingerprint density at radius 3 is 2.91 bits per heavy atom. The van der Waals surface area contributed by atoms with Gasteiger partial charge in [0.1, 0.15) is 0 Å². The van der Waals surface area contributed by atoms with Gasteiger partial charge in [0.25, 0.3) is 0 Å². The van der Waals surface area contributed by atoms with Crippen LogP contribution in [-0.2, 0) is 4.74 Å². The molecule has 0 aromatic rings. The normalized spacial score (nSPS) is 49.6. The average Bonchev–Trinajstić information content (AvgIpc) is 2.55. The Balaban J connectivity index is 1.94. The van der Waals surface area contributed by atoms with E-state index in [1.165, 1.54) is 12.8 Å². The molecule has 1 aliphatic heterocycles. The van der Waals surface area contributed by atoms with E-state index >= 15 is 0 Å². The first-order valence-corrected chi connectivity index (χ1v) is 4.55. The third kappa shape index (κ3) is 1.09. The van der Waals surface area contributed by atoms with Gasteiger partial charge in [-0.15, -0.1) is 0 Å². The lowest BCUT2D eigenvalue weighted by atomic mass is 9.88. The Labute approximate surface area is 68.1 Å². The first kappa shape index (κ1) is 7.56. The van der Waals surface area contributed by atoms with Gasteiger partial charge in [-0.3, -0.25) is 0 Å². The van der Waals surface area contributed by atoms with Crippen molar-refractivity contribution in [2.45, 2.75) is 19.8 Å². The van der Waals surface area contributed by atoms with E-state index in [9.17, 15) is 0 Å². The fourth-order valence-electron chi connectivity index (χ4n) is 2.38. The summed E-state index contributed by atoms with van der Waals surface area (Å²) in [5.41, 5.74) is 6.18. The molecular formula is C9H17NO. The molecule has 2 heteroatoms. The van der Waals surface area contributed by atoms with Crippen molar-refractivity contribution in [3.8, 4) is 0 Å². The smallest absolute Gasteiger partial charge is 0.0500 e. The largest absolute Gasteiger partial charge is 0.381 e. The molecular weight excluding hydrogens is 138 g/mol. The average molecular weight is 155 g/mol. The van der Waals surface area contributed by atoms with Crippen LogP contribution < -0.4 is 5.73 Å². The zero-order chi connectivity index (χ0) is 7.90. The lowest BCUT2D eigenvalue weighted by Gasteiger charge is -2.17. The van der Waals surface area contributed by atoms with Crippen molar-refractivity contribution < 1.29 is 4.74 Å². The minimum absolute atomic E-state index is 0.547. The summed E-state index contributed by atoms with van der Waals surface area (Å²) in [5.74, 6) is 1.59. The third-order valence-corrected chi connectivity index (χ3v) is 3.61. The Kier molecular flexibility index (Phi) is 1.69. The van der Waals surface area contributed by atoms with Gasteiger partial charge in [0.05, 0.1) is 0 Å². The van der Waals surface area contributed by atoms with E-state index in [2.05, 4.69) is 6.92 Å². The molecule has 64 valence electrons. The molecule has 1 heterocycles. The zero-order valence-electron chi connectivity index (χ0n) is 7.18. The van der Waals surface area contributed by atoms with Crippen molar-refractivity contribution in [2.75, 3.05) is 19.8 Å². The fourth-order valence-corrected chi connectivity index (χ4v) is 2.38. The van der Waals surface area contributed by atoms with E-state index in [0.717, 1.165) is 31.6 Å². The van der Waals surface area contributed by atoms with Gasteiger partial charge in [0.15, 0.2) is 0 Å². The van der Waals surface area contributed by atoms with Crippen LogP contribution in [0.15, 0.2) is 0 Å². The number of nitrogens with two attached hydrogens (primary N) is 1. The van der Waals surface area contributed by atoms with Gasteiger partial charge in [-0.2, -0.15) is 0 Å². The summed E-state index contributed by atoms with van der Waals surface area (Å²) < 4.78 is 5.38. The molecule has 2 fully saturated rings. The Bertz CT molecular complexity index is 154. The van der Waals surface area contributed by atoms with Gasteiger partial charge in [-0.25, -0.2) is 0 Å². The molecule has 0 spiro atoms. The minimum atomic E-state index is 0.547. The molecule has 0 aromatic heterocycles. The first-order chi connectivity index (χ1) is 5.27. The molecule has 2 N–H and O–H groups in total. The second-order valence-corrected chi connectivity index (χ2v) is 4.20. The van der Waals surface area contributed by atoms with Gasteiger partial charge in [0.2, 0.25) is 0 Å². The summed E-state index contributed by atoms with van der Waals surface area (Å²) in [6.07, 6.45) is 2.59. The van der Waals surface area contributed by atoms with Crippen LogP contribution in [0.5, 0.6) is 0 Å². The molecule has 2 aliphatic rings. The second kappa shape index (κ2) is 2.46. The van der Waals surface area contributed by atoms with Crippen LogP contribution in [0.2, 0.25) is 0 Å². The molecule has 0 amide bonds. The topological polar surface area (TPSA) is 35.2 Å². The van der Waals surface area contributed by atoms with Crippen molar-refractivity contribution in [1.29, 1.82) is 0 Å². The molecule has 11 heavy (non-hydrogen) atoms. The van der Waals surface area contributed by atoms with Crippen LogP contribution in [0.1, 0.15) is 19.8 Å². The SMILES string of the molecule is CC1(C2CCOC2)CC1CN. The second-order valence-electron chi connectivity index (χ2n) is 4.20. The number of ether oxygens (including phenoxy) is 1. The summed E-state index contributed by atoms with van der Waals surface area (Å²) in [7, 11) is 0. The maximum atomic E-state index is 5.64. The highest BCUT2D eigenvalue weighted by Crippen LogP contribution is 2.58. The highest BCUT2D eigenvalue weighted by molar-refractivity contribution is 5.04. The first-order valence-electron chi connectivity index (χ1n) is 4.55. The molecule has 0 radical (unpaired) electrons. The van der Waals surface area contributed by atoms with E-state index in [1.54, 1.807) is 0 Å². The molecule has 0 bridgehead atoms. The lowest BCUT2D eigenvalue weighted by Crippen LogP contribution is -2.18. The summed E-state index contributed by atoms with van der Waals surface area (Å²) in [4.78, 5) is 0. The number of rotatable bonds is 2. The third-order valence-electron chi connectivity index (χ3n) is 3.61. The molecule has 1 aliphatic carbocycles. The molecule has 0 aromatic carbocycles.